The largest absolute Gasteiger partial charge is 0.500 e. The monoisotopic (exact) mass is 298 g/mol. The van der Waals surface area contributed by atoms with Crippen molar-refractivity contribution >= 4 is 8.80 Å². The Labute approximate surface area is 122 Å². The Hall–Kier alpha value is -0.763. The van der Waals surface area contributed by atoms with E-state index in [0.29, 0.717) is 6.67 Å². The molecule has 0 amide bonds. The molecule has 1 rings (SSSR count). The number of nitrogens with two attached hydrogens (primary N) is 1. The van der Waals surface area contributed by atoms with Crippen molar-refractivity contribution in [3.05, 3.63) is 35.4 Å². The van der Waals surface area contributed by atoms with Crippen LogP contribution >= 0.6 is 0 Å². The van der Waals surface area contributed by atoms with E-state index in [-0.39, 0.29) is 6.04 Å². The van der Waals surface area contributed by atoms with Crippen LogP contribution < -0.4 is 11.1 Å². The van der Waals surface area contributed by atoms with Crippen LogP contribution in [0.1, 0.15) is 24.1 Å². The molecule has 3 N–H and O–H groups in total. The molecule has 5 nitrogen and oxygen atoms in total. The second kappa shape index (κ2) is 8.51. The van der Waals surface area contributed by atoms with Gasteiger partial charge in [-0.2, -0.15) is 0 Å². The van der Waals surface area contributed by atoms with Gasteiger partial charge in [0, 0.05) is 40.1 Å². The third kappa shape index (κ3) is 4.66. The van der Waals surface area contributed by atoms with Gasteiger partial charge in [0.05, 0.1) is 0 Å². The summed E-state index contributed by atoms with van der Waals surface area (Å²) in [5.74, 6) is 0. The van der Waals surface area contributed by atoms with Crippen LogP contribution in [0.25, 0.3) is 0 Å². The molecule has 1 unspecified atom stereocenters. The first-order chi connectivity index (χ1) is 9.60. The Bertz CT molecular complexity index is 374. The Kier molecular flexibility index (Phi) is 7.35. The highest BCUT2D eigenvalue weighted by Gasteiger charge is 2.37. The SMILES string of the molecule is CO[Si](CCc1ccc(C(C)NCN)cc1)(OC)OC. The van der Waals surface area contributed by atoms with Gasteiger partial charge in [0.2, 0.25) is 0 Å². The lowest BCUT2D eigenvalue weighted by Crippen LogP contribution is -2.43. The molecule has 6 heteroatoms. The van der Waals surface area contributed by atoms with Crippen molar-refractivity contribution in [1.82, 2.24) is 5.32 Å². The number of rotatable bonds is 9. The van der Waals surface area contributed by atoms with Crippen LogP contribution in [0.4, 0.5) is 0 Å². The predicted molar refractivity (Wildman–Crippen MR) is 82.3 cm³/mol. The summed E-state index contributed by atoms with van der Waals surface area (Å²) in [6.07, 6.45) is 0.876. The molecular weight excluding hydrogens is 272 g/mol. The van der Waals surface area contributed by atoms with E-state index in [1.165, 1.54) is 11.1 Å². The molecule has 0 spiro atoms. The molecule has 0 aliphatic carbocycles. The van der Waals surface area contributed by atoms with Crippen LogP contribution in [0.2, 0.25) is 6.04 Å². The zero-order chi connectivity index (χ0) is 15.0. The maximum atomic E-state index is 5.49. The summed E-state index contributed by atoms with van der Waals surface area (Å²) in [7, 11) is 2.45. The number of hydrogen-bond acceptors (Lipinski definition) is 5. The van der Waals surface area contributed by atoms with E-state index in [1.807, 2.05) is 0 Å². The molecular formula is C14H26N2O3Si. The van der Waals surface area contributed by atoms with Crippen LogP contribution in [0.15, 0.2) is 24.3 Å². The average molecular weight is 298 g/mol. The maximum absolute atomic E-state index is 5.49. The highest BCUT2D eigenvalue weighted by molar-refractivity contribution is 6.60. The van der Waals surface area contributed by atoms with Crippen LogP contribution in [0, 0.1) is 0 Å². The standard InChI is InChI=1S/C14H26N2O3Si/c1-12(16-11-15)14-7-5-13(6-8-14)9-10-20(17-2,18-3)19-4/h5-8,12,16H,9-11,15H2,1-4H3. The van der Waals surface area contributed by atoms with E-state index in [9.17, 15) is 0 Å². The quantitative estimate of drug-likeness (QED) is 0.536. The summed E-state index contributed by atoms with van der Waals surface area (Å²) in [5.41, 5.74) is 7.97. The second-order valence-corrected chi connectivity index (χ2v) is 7.76. The fourth-order valence-electron chi connectivity index (χ4n) is 2.12. The van der Waals surface area contributed by atoms with Crippen molar-refractivity contribution in [3.8, 4) is 0 Å². The molecule has 20 heavy (non-hydrogen) atoms. The van der Waals surface area contributed by atoms with Gasteiger partial charge in [-0.1, -0.05) is 24.3 Å². The highest BCUT2D eigenvalue weighted by atomic mass is 28.4. The lowest BCUT2D eigenvalue weighted by atomic mass is 10.1. The van der Waals surface area contributed by atoms with Crippen LogP contribution in [0.3, 0.4) is 0 Å². The Morgan fingerprint density at radius 1 is 1.10 bits per heavy atom. The maximum Gasteiger partial charge on any atom is 0.500 e. The van der Waals surface area contributed by atoms with Gasteiger partial charge in [0.1, 0.15) is 0 Å². The summed E-state index contributed by atoms with van der Waals surface area (Å²) in [6, 6.07) is 9.54. The molecule has 0 aliphatic rings. The summed E-state index contributed by atoms with van der Waals surface area (Å²) < 4.78 is 16.3. The van der Waals surface area contributed by atoms with Gasteiger partial charge in [-0.05, 0) is 24.5 Å². The molecule has 1 aromatic carbocycles. The van der Waals surface area contributed by atoms with Crippen molar-refractivity contribution in [3.63, 3.8) is 0 Å². The molecule has 0 heterocycles. The Morgan fingerprint density at radius 3 is 2.10 bits per heavy atom. The van der Waals surface area contributed by atoms with E-state index in [2.05, 4.69) is 36.5 Å². The van der Waals surface area contributed by atoms with Gasteiger partial charge in [-0.25, -0.2) is 0 Å². The fraction of sp³-hybridized carbons (Fsp3) is 0.571. The number of hydrogen-bond donors (Lipinski definition) is 2. The van der Waals surface area contributed by atoms with Crippen molar-refractivity contribution < 1.29 is 13.3 Å². The molecule has 0 aliphatic heterocycles. The zero-order valence-electron chi connectivity index (χ0n) is 12.8. The van der Waals surface area contributed by atoms with E-state index in [1.54, 1.807) is 21.3 Å². The zero-order valence-corrected chi connectivity index (χ0v) is 13.8. The molecule has 0 fully saturated rings. The van der Waals surface area contributed by atoms with E-state index in [4.69, 9.17) is 19.0 Å². The molecule has 0 saturated carbocycles. The number of benzene rings is 1. The molecule has 1 atom stereocenters. The van der Waals surface area contributed by atoms with Gasteiger partial charge < -0.3 is 19.0 Å². The fourth-order valence-corrected chi connectivity index (χ4v) is 3.83. The summed E-state index contributed by atoms with van der Waals surface area (Å²) in [6.45, 7) is 2.58. The smallest absolute Gasteiger partial charge is 0.377 e. The van der Waals surface area contributed by atoms with Gasteiger partial charge in [-0.3, -0.25) is 5.32 Å². The minimum atomic E-state index is -2.48. The van der Waals surface area contributed by atoms with Crippen molar-refractivity contribution in [2.45, 2.75) is 25.4 Å². The van der Waals surface area contributed by atoms with Gasteiger partial charge in [0.15, 0.2) is 0 Å². The van der Waals surface area contributed by atoms with Gasteiger partial charge in [-0.15, -0.1) is 0 Å². The number of aryl methyl sites for hydroxylation is 1. The third-order valence-electron chi connectivity index (χ3n) is 3.56. The second-order valence-electron chi connectivity index (χ2n) is 4.67. The molecule has 114 valence electrons. The first-order valence-corrected chi connectivity index (χ1v) is 8.71. The van der Waals surface area contributed by atoms with Crippen LogP contribution in [0.5, 0.6) is 0 Å². The first-order valence-electron chi connectivity index (χ1n) is 6.78. The Balaban J connectivity index is 2.61. The van der Waals surface area contributed by atoms with E-state index < -0.39 is 8.80 Å². The van der Waals surface area contributed by atoms with Crippen LogP contribution in [-0.2, 0) is 19.7 Å². The summed E-state index contributed by atoms with van der Waals surface area (Å²) in [4.78, 5) is 0. The van der Waals surface area contributed by atoms with Gasteiger partial charge in [0.25, 0.3) is 0 Å². The normalized spacial score (nSPS) is 13.4. The highest BCUT2D eigenvalue weighted by Crippen LogP contribution is 2.18. The molecule has 0 bridgehead atoms. The van der Waals surface area contributed by atoms with Crippen molar-refractivity contribution in [1.29, 1.82) is 0 Å². The lowest BCUT2D eigenvalue weighted by molar-refractivity contribution is 0.123. The molecule has 0 radical (unpaired) electrons. The topological polar surface area (TPSA) is 65.7 Å². The van der Waals surface area contributed by atoms with Crippen LogP contribution in [-0.4, -0.2) is 36.8 Å². The predicted octanol–water partition coefficient (Wildman–Crippen LogP) is 1.67. The Morgan fingerprint density at radius 2 is 1.65 bits per heavy atom. The first kappa shape index (κ1) is 17.3. The summed E-state index contributed by atoms with van der Waals surface area (Å²) in [5, 5.41) is 3.19. The minimum Gasteiger partial charge on any atom is -0.377 e. The van der Waals surface area contributed by atoms with Crippen molar-refractivity contribution in [2.24, 2.45) is 5.73 Å². The average Bonchev–Trinajstić information content (AvgIpc) is 2.50. The van der Waals surface area contributed by atoms with Crippen molar-refractivity contribution in [2.75, 3.05) is 28.0 Å². The molecule has 1 aromatic rings. The summed E-state index contributed by atoms with van der Waals surface area (Å²) >= 11 is 0. The van der Waals surface area contributed by atoms with E-state index >= 15 is 0 Å². The molecule has 0 aromatic heterocycles. The van der Waals surface area contributed by atoms with Gasteiger partial charge >= 0.3 is 8.80 Å². The number of nitrogens with one attached hydrogen (secondary N) is 1. The lowest BCUT2D eigenvalue weighted by Gasteiger charge is -2.24. The third-order valence-corrected chi connectivity index (χ3v) is 6.29. The van der Waals surface area contributed by atoms with E-state index in [0.717, 1.165) is 12.5 Å². The minimum absolute atomic E-state index is 0.263. The molecule has 0 saturated heterocycles.